The van der Waals surface area contributed by atoms with Crippen molar-refractivity contribution in [3.63, 3.8) is 0 Å². The lowest BCUT2D eigenvalue weighted by Gasteiger charge is -2.34. The second-order valence-corrected chi connectivity index (χ2v) is 10.2. The Morgan fingerprint density at radius 3 is 2.21 bits per heavy atom. The lowest BCUT2D eigenvalue weighted by molar-refractivity contribution is 0.174. The first-order valence-corrected chi connectivity index (χ1v) is 10.7. The highest BCUT2D eigenvalue weighted by atomic mass is 28.3. The summed E-state index contributed by atoms with van der Waals surface area (Å²) in [5, 5.41) is 1.52. The molecule has 0 spiro atoms. The first-order chi connectivity index (χ1) is 9.06. The summed E-state index contributed by atoms with van der Waals surface area (Å²) in [6.45, 7) is 16.5. The van der Waals surface area contributed by atoms with Gasteiger partial charge in [-0.1, -0.05) is 50.4 Å². The molecule has 1 fully saturated rings. The van der Waals surface area contributed by atoms with Gasteiger partial charge in [-0.05, 0) is 45.7 Å². The third kappa shape index (κ3) is 5.82. The van der Waals surface area contributed by atoms with E-state index in [2.05, 4.69) is 39.2 Å². The minimum Gasteiger partial charge on any atom is -0.300 e. The van der Waals surface area contributed by atoms with E-state index in [-0.39, 0.29) is 0 Å². The molecule has 3 unspecified atom stereocenters. The topological polar surface area (TPSA) is 3.24 Å². The molecule has 1 aliphatic rings. The summed E-state index contributed by atoms with van der Waals surface area (Å²) >= 11 is 0. The third-order valence-electron chi connectivity index (χ3n) is 5.03. The summed E-state index contributed by atoms with van der Waals surface area (Å²) < 4.78 is 0. The quantitative estimate of drug-likeness (QED) is 0.615. The van der Waals surface area contributed by atoms with Gasteiger partial charge in [0.25, 0.3) is 0 Å². The predicted octanol–water partition coefficient (Wildman–Crippen LogP) is 4.64. The first kappa shape index (κ1) is 17.0. The van der Waals surface area contributed by atoms with Crippen LogP contribution in [0.1, 0.15) is 59.8 Å². The molecule has 0 saturated carbocycles. The lowest BCUT2D eigenvalue weighted by atomic mass is 10.0. The maximum atomic E-state index is 4.26. The van der Waals surface area contributed by atoms with Crippen LogP contribution in [0.5, 0.6) is 0 Å². The second kappa shape index (κ2) is 8.96. The fraction of sp³-hybridized carbons (Fsp3) is 0.882. The number of hydrogen-bond donors (Lipinski definition) is 0. The molecule has 1 aliphatic heterocycles. The van der Waals surface area contributed by atoms with Gasteiger partial charge in [0.1, 0.15) is 0 Å². The summed E-state index contributed by atoms with van der Waals surface area (Å²) in [5.74, 6) is 0.845. The summed E-state index contributed by atoms with van der Waals surface area (Å²) in [5.41, 5.74) is 0. The molecule has 0 radical (unpaired) electrons. The van der Waals surface area contributed by atoms with E-state index < -0.39 is 8.80 Å². The van der Waals surface area contributed by atoms with Crippen LogP contribution in [-0.2, 0) is 0 Å². The Hall–Kier alpha value is -0.0831. The molecule has 0 N–H and O–H groups in total. The first-order valence-electron chi connectivity index (χ1n) is 8.45. The van der Waals surface area contributed by atoms with Crippen LogP contribution >= 0.6 is 0 Å². The molecular weight excluding hydrogens is 246 g/mol. The summed E-state index contributed by atoms with van der Waals surface area (Å²) in [6, 6.07) is 3.68. The Labute approximate surface area is 123 Å². The van der Waals surface area contributed by atoms with E-state index in [0.29, 0.717) is 0 Å². The Bertz CT molecular complexity index is 256. The molecule has 3 atom stereocenters. The van der Waals surface area contributed by atoms with Crippen molar-refractivity contribution >= 4 is 8.80 Å². The van der Waals surface area contributed by atoms with Gasteiger partial charge in [0, 0.05) is 6.04 Å². The highest BCUT2D eigenvalue weighted by molar-refractivity contribution is 6.66. The lowest BCUT2D eigenvalue weighted by Crippen LogP contribution is -2.39. The van der Waals surface area contributed by atoms with Crippen LogP contribution in [0, 0.1) is 5.92 Å². The number of allylic oxidation sites excluding steroid dienone is 1. The molecule has 2 heteroatoms. The fourth-order valence-corrected chi connectivity index (χ4v) is 6.54. The minimum atomic E-state index is -0.708. The van der Waals surface area contributed by atoms with E-state index >= 15 is 0 Å². The average Bonchev–Trinajstić information content (AvgIpc) is 2.65. The highest BCUT2D eigenvalue weighted by Gasteiger charge is 2.24. The van der Waals surface area contributed by atoms with Crippen molar-refractivity contribution in [2.45, 2.75) is 77.9 Å². The van der Waals surface area contributed by atoms with Gasteiger partial charge in [-0.3, -0.25) is 0 Å². The molecule has 19 heavy (non-hydrogen) atoms. The summed E-state index contributed by atoms with van der Waals surface area (Å²) in [4.78, 5) is 2.76. The zero-order valence-electron chi connectivity index (χ0n) is 13.8. The molecule has 1 saturated heterocycles. The second-order valence-electron chi connectivity index (χ2n) is 6.74. The number of nitrogens with zero attached hydrogens (tertiary/aromatic N) is 1. The van der Waals surface area contributed by atoms with Crippen molar-refractivity contribution in [1.82, 2.24) is 4.90 Å². The van der Waals surface area contributed by atoms with Gasteiger partial charge in [-0.2, -0.15) is 0 Å². The molecule has 0 aromatic carbocycles. The molecule has 112 valence electrons. The zero-order valence-corrected chi connectivity index (χ0v) is 14.9. The standard InChI is InChI=1S/C17H35NSi/c1-6-13-19(15(2)3)14-16(4)17(5)18-11-9-7-8-10-12-18/h16-17,19H,2,6-14H2,1,3-5H3. The highest BCUT2D eigenvalue weighted by Crippen LogP contribution is 2.24. The van der Waals surface area contributed by atoms with Gasteiger partial charge in [-0.25, -0.2) is 0 Å². The summed E-state index contributed by atoms with van der Waals surface area (Å²) in [7, 11) is -0.708. The molecule has 0 aromatic heterocycles. The maximum Gasteiger partial charge on any atom is 0.0648 e. The van der Waals surface area contributed by atoms with Gasteiger partial charge in [0.15, 0.2) is 0 Å². The van der Waals surface area contributed by atoms with Crippen molar-refractivity contribution in [3.05, 3.63) is 11.8 Å². The molecule has 0 amide bonds. The predicted molar refractivity (Wildman–Crippen MR) is 90.5 cm³/mol. The summed E-state index contributed by atoms with van der Waals surface area (Å²) in [6.07, 6.45) is 7.04. The Balaban J connectivity index is 2.49. The molecule has 1 nitrogen and oxygen atoms in total. The van der Waals surface area contributed by atoms with Crippen LogP contribution < -0.4 is 0 Å². The maximum absolute atomic E-state index is 4.26. The normalized spacial score (nSPS) is 22.5. The smallest absolute Gasteiger partial charge is 0.0648 e. The number of rotatable bonds is 7. The molecule has 0 bridgehead atoms. The van der Waals surface area contributed by atoms with E-state index in [9.17, 15) is 0 Å². The third-order valence-corrected chi connectivity index (χ3v) is 9.01. The van der Waals surface area contributed by atoms with Crippen LogP contribution in [0.2, 0.25) is 12.1 Å². The minimum absolute atomic E-state index is 0.708. The Morgan fingerprint density at radius 1 is 1.16 bits per heavy atom. The van der Waals surface area contributed by atoms with Gasteiger partial charge < -0.3 is 4.90 Å². The SMILES string of the molecule is C=C(C)[SiH](CCC)CC(C)C(C)N1CCCCCC1. The van der Waals surface area contributed by atoms with Crippen molar-refractivity contribution in [2.75, 3.05) is 13.1 Å². The van der Waals surface area contributed by atoms with Crippen molar-refractivity contribution < 1.29 is 0 Å². The zero-order chi connectivity index (χ0) is 14.3. The van der Waals surface area contributed by atoms with Crippen LogP contribution in [0.3, 0.4) is 0 Å². The van der Waals surface area contributed by atoms with E-state index in [1.54, 1.807) is 0 Å². The van der Waals surface area contributed by atoms with Crippen LogP contribution in [0.15, 0.2) is 11.8 Å². The molecule has 1 heterocycles. The van der Waals surface area contributed by atoms with Crippen molar-refractivity contribution in [3.8, 4) is 0 Å². The molecule has 1 rings (SSSR count). The largest absolute Gasteiger partial charge is 0.300 e. The van der Waals surface area contributed by atoms with Crippen molar-refractivity contribution in [1.29, 1.82) is 0 Å². The van der Waals surface area contributed by atoms with Crippen LogP contribution in [0.25, 0.3) is 0 Å². The van der Waals surface area contributed by atoms with Crippen molar-refractivity contribution in [2.24, 2.45) is 5.92 Å². The molecule has 0 aliphatic carbocycles. The van der Waals surface area contributed by atoms with Crippen LogP contribution in [-0.4, -0.2) is 32.8 Å². The van der Waals surface area contributed by atoms with E-state index in [0.717, 1.165) is 12.0 Å². The van der Waals surface area contributed by atoms with Crippen LogP contribution in [0.4, 0.5) is 0 Å². The fourth-order valence-electron chi connectivity index (χ4n) is 3.42. The van der Waals surface area contributed by atoms with Gasteiger partial charge in [0.2, 0.25) is 0 Å². The Morgan fingerprint density at radius 2 is 1.74 bits per heavy atom. The van der Waals surface area contributed by atoms with E-state index in [1.807, 2.05) is 0 Å². The molecule has 0 aromatic rings. The Kier molecular flexibility index (Phi) is 8.01. The number of likely N-dealkylation sites (tertiary alicyclic amines) is 1. The van der Waals surface area contributed by atoms with Gasteiger partial charge in [-0.15, -0.1) is 6.58 Å². The van der Waals surface area contributed by atoms with E-state index in [4.69, 9.17) is 0 Å². The number of hydrogen-bond acceptors (Lipinski definition) is 1. The van der Waals surface area contributed by atoms with E-state index in [1.165, 1.54) is 62.5 Å². The van der Waals surface area contributed by atoms with Gasteiger partial charge >= 0.3 is 0 Å². The monoisotopic (exact) mass is 281 g/mol. The van der Waals surface area contributed by atoms with Gasteiger partial charge in [0.05, 0.1) is 8.80 Å². The molecular formula is C17H35NSi. The average molecular weight is 282 g/mol.